The fraction of sp³-hybridized carbons (Fsp3) is 0.375. The average Bonchev–Trinajstić information content (AvgIpc) is 2.94. The van der Waals surface area contributed by atoms with Gasteiger partial charge < -0.3 is 24.7 Å². The summed E-state index contributed by atoms with van der Waals surface area (Å²) in [6.07, 6.45) is 1.83. The minimum absolute atomic E-state index is 0.369. The molecule has 0 bridgehead atoms. The summed E-state index contributed by atoms with van der Waals surface area (Å²) in [5, 5.41) is 3.22. The Labute approximate surface area is 134 Å². The Morgan fingerprint density at radius 3 is 2.78 bits per heavy atom. The van der Waals surface area contributed by atoms with Crippen LogP contribution in [0.15, 0.2) is 24.4 Å². The predicted octanol–water partition coefficient (Wildman–Crippen LogP) is 1.53. The second-order valence-electron chi connectivity index (χ2n) is 5.36. The van der Waals surface area contributed by atoms with E-state index in [1.165, 1.54) is 7.05 Å². The minimum atomic E-state index is -0.902. The lowest BCUT2D eigenvalue weighted by Gasteiger charge is -2.10. The van der Waals surface area contributed by atoms with Crippen molar-refractivity contribution < 1.29 is 19.1 Å². The van der Waals surface area contributed by atoms with Crippen molar-refractivity contribution in [2.75, 3.05) is 34.3 Å². The van der Waals surface area contributed by atoms with E-state index < -0.39 is 12.1 Å². The van der Waals surface area contributed by atoms with Gasteiger partial charge in [0.15, 0.2) is 6.61 Å². The number of rotatable bonds is 6. The van der Waals surface area contributed by atoms with Gasteiger partial charge in [0.05, 0.1) is 0 Å². The summed E-state index contributed by atoms with van der Waals surface area (Å²) in [7, 11) is 5.47. The highest BCUT2D eigenvalue weighted by atomic mass is 16.7. The number of likely N-dealkylation sites (N-methyl/N-ethyl adjacent to an activating group) is 2. The van der Waals surface area contributed by atoms with E-state index in [1.807, 2.05) is 26.4 Å². The molecule has 0 aliphatic carbocycles. The lowest BCUT2D eigenvalue weighted by atomic mass is 10.1. The van der Waals surface area contributed by atoms with Crippen LogP contribution in [-0.4, -0.2) is 56.2 Å². The summed E-state index contributed by atoms with van der Waals surface area (Å²) in [5.74, 6) is 0.0212. The molecule has 23 heavy (non-hydrogen) atoms. The molecule has 1 aromatic carbocycles. The standard InChI is InChI=1S/C16H21N3O4/c1-17-14(20)10-22-16(21)23-13-6-4-5-12-15(13)11(9-18-12)7-8-19(2)3/h4-6,9,18H,7-8,10H2,1-3H3,(H,17,20). The van der Waals surface area contributed by atoms with Crippen molar-refractivity contribution in [1.29, 1.82) is 0 Å². The number of aromatic amines is 1. The molecule has 0 fully saturated rings. The number of carbonyl (C=O) groups is 2. The van der Waals surface area contributed by atoms with Crippen molar-refractivity contribution in [3.63, 3.8) is 0 Å². The van der Waals surface area contributed by atoms with Gasteiger partial charge in [0.25, 0.3) is 5.91 Å². The van der Waals surface area contributed by atoms with Crippen LogP contribution in [0.3, 0.4) is 0 Å². The summed E-state index contributed by atoms with van der Waals surface area (Å²) < 4.78 is 10.0. The van der Waals surface area contributed by atoms with Gasteiger partial charge in [-0.3, -0.25) is 4.79 Å². The molecule has 0 saturated carbocycles. The van der Waals surface area contributed by atoms with Crippen LogP contribution >= 0.6 is 0 Å². The molecule has 2 aromatic rings. The maximum Gasteiger partial charge on any atom is 0.514 e. The van der Waals surface area contributed by atoms with E-state index >= 15 is 0 Å². The van der Waals surface area contributed by atoms with Crippen LogP contribution in [-0.2, 0) is 16.0 Å². The third kappa shape index (κ3) is 4.46. The van der Waals surface area contributed by atoms with E-state index in [-0.39, 0.29) is 6.61 Å². The molecular weight excluding hydrogens is 298 g/mol. The van der Waals surface area contributed by atoms with Crippen LogP contribution in [0.5, 0.6) is 5.75 Å². The molecule has 0 aliphatic heterocycles. The number of carbonyl (C=O) groups excluding carboxylic acids is 2. The van der Waals surface area contributed by atoms with E-state index in [0.29, 0.717) is 5.75 Å². The Morgan fingerprint density at radius 2 is 2.09 bits per heavy atom. The Morgan fingerprint density at radius 1 is 1.30 bits per heavy atom. The second-order valence-corrected chi connectivity index (χ2v) is 5.36. The monoisotopic (exact) mass is 319 g/mol. The Bertz CT molecular complexity index is 694. The molecule has 0 atom stereocenters. The minimum Gasteiger partial charge on any atom is -0.424 e. The Hall–Kier alpha value is -2.54. The van der Waals surface area contributed by atoms with Crippen LogP contribution in [0.4, 0.5) is 4.79 Å². The smallest absolute Gasteiger partial charge is 0.424 e. The first kappa shape index (κ1) is 16.8. The molecule has 2 rings (SSSR count). The number of hydrogen-bond donors (Lipinski definition) is 2. The van der Waals surface area contributed by atoms with Gasteiger partial charge in [-0.1, -0.05) is 6.07 Å². The number of ether oxygens (including phenoxy) is 2. The van der Waals surface area contributed by atoms with Crippen LogP contribution < -0.4 is 10.1 Å². The van der Waals surface area contributed by atoms with Crippen LogP contribution in [0.2, 0.25) is 0 Å². The Balaban J connectivity index is 2.14. The van der Waals surface area contributed by atoms with Gasteiger partial charge in [-0.25, -0.2) is 4.79 Å². The molecule has 1 heterocycles. The molecule has 7 heteroatoms. The topological polar surface area (TPSA) is 83.7 Å². The second kappa shape index (κ2) is 7.64. The third-order valence-corrected chi connectivity index (χ3v) is 3.37. The number of H-pyrrole nitrogens is 1. The number of hydrogen-bond acceptors (Lipinski definition) is 5. The van der Waals surface area contributed by atoms with E-state index in [2.05, 4.69) is 15.2 Å². The van der Waals surface area contributed by atoms with Crippen molar-refractivity contribution >= 4 is 23.0 Å². The number of fused-ring (bicyclic) bond motifs is 1. The molecule has 1 aromatic heterocycles. The van der Waals surface area contributed by atoms with E-state index in [9.17, 15) is 9.59 Å². The van der Waals surface area contributed by atoms with Crippen molar-refractivity contribution in [3.8, 4) is 5.75 Å². The lowest BCUT2D eigenvalue weighted by Crippen LogP contribution is -2.26. The first-order valence-electron chi connectivity index (χ1n) is 7.30. The van der Waals surface area contributed by atoms with Gasteiger partial charge in [0, 0.05) is 30.7 Å². The number of benzene rings is 1. The third-order valence-electron chi connectivity index (χ3n) is 3.37. The van der Waals surface area contributed by atoms with Gasteiger partial charge >= 0.3 is 6.16 Å². The lowest BCUT2D eigenvalue weighted by molar-refractivity contribution is -0.123. The Kier molecular flexibility index (Phi) is 5.59. The van der Waals surface area contributed by atoms with Gasteiger partial charge in [0.1, 0.15) is 5.75 Å². The summed E-state index contributed by atoms with van der Waals surface area (Å²) >= 11 is 0. The number of aromatic nitrogens is 1. The number of nitrogens with zero attached hydrogens (tertiary/aromatic N) is 1. The van der Waals surface area contributed by atoms with E-state index in [0.717, 1.165) is 29.4 Å². The summed E-state index contributed by atoms with van der Waals surface area (Å²) in [4.78, 5) is 28.1. The van der Waals surface area contributed by atoms with E-state index in [1.54, 1.807) is 12.1 Å². The van der Waals surface area contributed by atoms with E-state index in [4.69, 9.17) is 9.47 Å². The van der Waals surface area contributed by atoms with Crippen molar-refractivity contribution in [2.45, 2.75) is 6.42 Å². The van der Waals surface area contributed by atoms with Crippen molar-refractivity contribution in [3.05, 3.63) is 30.0 Å². The molecule has 0 aliphatic rings. The summed E-state index contributed by atoms with van der Waals surface area (Å²) in [6, 6.07) is 5.41. The molecular formula is C16H21N3O4. The molecule has 0 spiro atoms. The fourth-order valence-electron chi connectivity index (χ4n) is 2.16. The molecule has 124 valence electrons. The highest BCUT2D eigenvalue weighted by Gasteiger charge is 2.14. The van der Waals surface area contributed by atoms with Crippen molar-refractivity contribution in [1.82, 2.24) is 15.2 Å². The molecule has 2 N–H and O–H groups in total. The summed E-state index contributed by atoms with van der Waals surface area (Å²) in [6.45, 7) is 0.508. The van der Waals surface area contributed by atoms with Crippen LogP contribution in [0.25, 0.3) is 10.9 Å². The number of amides is 1. The maximum atomic E-state index is 11.7. The maximum absolute atomic E-state index is 11.7. The molecule has 7 nitrogen and oxygen atoms in total. The molecule has 1 amide bonds. The zero-order valence-electron chi connectivity index (χ0n) is 13.5. The SMILES string of the molecule is CNC(=O)COC(=O)Oc1cccc2[nH]cc(CCN(C)C)c12. The first-order chi connectivity index (χ1) is 11.0. The normalized spacial score (nSPS) is 10.8. The highest BCUT2D eigenvalue weighted by molar-refractivity contribution is 5.91. The quantitative estimate of drug-likeness (QED) is 0.623. The zero-order chi connectivity index (χ0) is 16.8. The molecule has 0 radical (unpaired) electrons. The zero-order valence-corrected chi connectivity index (χ0v) is 13.5. The number of nitrogens with one attached hydrogen (secondary N) is 2. The average molecular weight is 319 g/mol. The largest absolute Gasteiger partial charge is 0.514 e. The van der Waals surface area contributed by atoms with Gasteiger partial charge in [-0.2, -0.15) is 0 Å². The van der Waals surface area contributed by atoms with Gasteiger partial charge in [-0.15, -0.1) is 0 Å². The van der Waals surface area contributed by atoms with Gasteiger partial charge in [0.2, 0.25) is 0 Å². The fourth-order valence-corrected chi connectivity index (χ4v) is 2.16. The molecule has 0 saturated heterocycles. The summed E-state index contributed by atoms with van der Waals surface area (Å²) in [5.41, 5.74) is 1.94. The van der Waals surface area contributed by atoms with Crippen molar-refractivity contribution in [2.24, 2.45) is 0 Å². The molecule has 0 unspecified atom stereocenters. The van der Waals surface area contributed by atoms with Crippen LogP contribution in [0, 0.1) is 0 Å². The van der Waals surface area contributed by atoms with Gasteiger partial charge in [-0.05, 0) is 38.2 Å². The highest BCUT2D eigenvalue weighted by Crippen LogP contribution is 2.29. The van der Waals surface area contributed by atoms with Crippen LogP contribution in [0.1, 0.15) is 5.56 Å². The first-order valence-corrected chi connectivity index (χ1v) is 7.30. The predicted molar refractivity (Wildman–Crippen MR) is 86.6 cm³/mol.